The van der Waals surface area contributed by atoms with Crippen molar-refractivity contribution in [1.82, 2.24) is 15.1 Å². The standard InChI is InChI=1S/C15H20N4O/c1-12-11-13(2)19(18-12)10-6-9-16-15(20)17-14-7-4-3-5-8-14/h3-5,7-8,11H,6,9-10H2,1-2H3,(H2,16,17,20). The number of urea groups is 1. The van der Waals surface area contributed by atoms with Gasteiger partial charge in [0.1, 0.15) is 0 Å². The molecule has 20 heavy (non-hydrogen) atoms. The van der Waals surface area contributed by atoms with Crippen LogP contribution < -0.4 is 10.6 Å². The molecule has 5 nitrogen and oxygen atoms in total. The highest BCUT2D eigenvalue weighted by atomic mass is 16.2. The van der Waals surface area contributed by atoms with Gasteiger partial charge in [-0.25, -0.2) is 4.79 Å². The van der Waals surface area contributed by atoms with Gasteiger partial charge in [-0.3, -0.25) is 4.68 Å². The number of aryl methyl sites for hydroxylation is 3. The molecule has 0 saturated heterocycles. The Hall–Kier alpha value is -2.30. The number of carbonyl (C=O) groups is 1. The first-order valence-electron chi connectivity index (χ1n) is 6.76. The van der Waals surface area contributed by atoms with E-state index in [0.717, 1.165) is 30.0 Å². The number of anilines is 1. The van der Waals surface area contributed by atoms with E-state index in [0.29, 0.717) is 6.54 Å². The molecule has 5 heteroatoms. The Morgan fingerprint density at radius 1 is 1.25 bits per heavy atom. The van der Waals surface area contributed by atoms with Crippen molar-refractivity contribution >= 4 is 11.7 Å². The summed E-state index contributed by atoms with van der Waals surface area (Å²) in [5.74, 6) is 0. The third-order valence-electron chi connectivity index (χ3n) is 2.97. The topological polar surface area (TPSA) is 59.0 Å². The summed E-state index contributed by atoms with van der Waals surface area (Å²) in [5.41, 5.74) is 2.97. The minimum Gasteiger partial charge on any atom is -0.338 e. The van der Waals surface area contributed by atoms with Crippen LogP contribution in [-0.2, 0) is 6.54 Å². The Labute approximate surface area is 119 Å². The minimum absolute atomic E-state index is 0.176. The summed E-state index contributed by atoms with van der Waals surface area (Å²) in [5, 5.41) is 10.0. The van der Waals surface area contributed by atoms with Gasteiger partial charge in [-0.05, 0) is 38.5 Å². The van der Waals surface area contributed by atoms with E-state index in [9.17, 15) is 4.79 Å². The van der Waals surface area contributed by atoms with E-state index in [4.69, 9.17) is 0 Å². The van der Waals surface area contributed by atoms with Gasteiger partial charge in [-0.2, -0.15) is 5.10 Å². The van der Waals surface area contributed by atoms with Crippen LogP contribution in [0.4, 0.5) is 10.5 Å². The molecule has 0 aliphatic heterocycles. The van der Waals surface area contributed by atoms with Gasteiger partial charge in [-0.1, -0.05) is 18.2 Å². The summed E-state index contributed by atoms with van der Waals surface area (Å²) in [6.45, 7) is 5.45. The molecule has 0 radical (unpaired) electrons. The van der Waals surface area contributed by atoms with Gasteiger partial charge in [0.25, 0.3) is 0 Å². The second-order valence-corrected chi connectivity index (χ2v) is 4.75. The fraction of sp³-hybridized carbons (Fsp3) is 0.333. The third-order valence-corrected chi connectivity index (χ3v) is 2.97. The highest BCUT2D eigenvalue weighted by molar-refractivity contribution is 5.89. The van der Waals surface area contributed by atoms with Gasteiger partial charge < -0.3 is 10.6 Å². The predicted octanol–water partition coefficient (Wildman–Crippen LogP) is 2.71. The molecule has 2 aromatic rings. The molecule has 0 aliphatic carbocycles. The molecule has 2 N–H and O–H groups in total. The van der Waals surface area contributed by atoms with E-state index < -0.39 is 0 Å². The number of para-hydroxylation sites is 1. The maximum Gasteiger partial charge on any atom is 0.319 e. The number of nitrogens with one attached hydrogen (secondary N) is 2. The first-order valence-corrected chi connectivity index (χ1v) is 6.76. The smallest absolute Gasteiger partial charge is 0.319 e. The lowest BCUT2D eigenvalue weighted by Crippen LogP contribution is -2.30. The zero-order valence-corrected chi connectivity index (χ0v) is 11.9. The second kappa shape index (κ2) is 6.75. The van der Waals surface area contributed by atoms with Crippen molar-refractivity contribution < 1.29 is 4.79 Å². The maximum atomic E-state index is 11.7. The summed E-state index contributed by atoms with van der Waals surface area (Å²) >= 11 is 0. The molecule has 0 bridgehead atoms. The van der Waals surface area contributed by atoms with Gasteiger partial charge in [0, 0.05) is 24.5 Å². The number of amides is 2. The van der Waals surface area contributed by atoms with Crippen LogP contribution in [0.5, 0.6) is 0 Å². The van der Waals surface area contributed by atoms with Crippen molar-refractivity contribution in [3.05, 3.63) is 47.8 Å². The highest BCUT2D eigenvalue weighted by Crippen LogP contribution is 2.04. The molecule has 0 saturated carbocycles. The number of rotatable bonds is 5. The molecule has 0 fully saturated rings. The Bertz CT molecular complexity index is 563. The minimum atomic E-state index is -0.176. The molecule has 0 aliphatic rings. The fourth-order valence-electron chi connectivity index (χ4n) is 2.03. The summed E-state index contributed by atoms with van der Waals surface area (Å²) in [6.07, 6.45) is 0.851. The van der Waals surface area contributed by atoms with Crippen molar-refractivity contribution in [1.29, 1.82) is 0 Å². The molecule has 1 aromatic carbocycles. The lowest BCUT2D eigenvalue weighted by atomic mass is 10.3. The van der Waals surface area contributed by atoms with Crippen LogP contribution in [0.1, 0.15) is 17.8 Å². The summed E-state index contributed by atoms with van der Waals surface area (Å²) in [4.78, 5) is 11.7. The van der Waals surface area contributed by atoms with Crippen LogP contribution >= 0.6 is 0 Å². The lowest BCUT2D eigenvalue weighted by molar-refractivity contribution is 0.251. The van der Waals surface area contributed by atoms with Gasteiger partial charge in [0.2, 0.25) is 0 Å². The zero-order valence-electron chi connectivity index (χ0n) is 11.9. The first kappa shape index (κ1) is 14.1. The van der Waals surface area contributed by atoms with E-state index in [2.05, 4.69) is 21.8 Å². The van der Waals surface area contributed by atoms with Gasteiger partial charge >= 0.3 is 6.03 Å². The normalized spacial score (nSPS) is 10.3. The van der Waals surface area contributed by atoms with Crippen molar-refractivity contribution in [2.45, 2.75) is 26.8 Å². The van der Waals surface area contributed by atoms with Crippen molar-refractivity contribution in [3.8, 4) is 0 Å². The van der Waals surface area contributed by atoms with Crippen LogP contribution in [-0.4, -0.2) is 22.4 Å². The second-order valence-electron chi connectivity index (χ2n) is 4.75. The van der Waals surface area contributed by atoms with E-state index >= 15 is 0 Å². The molecule has 0 atom stereocenters. The average Bonchev–Trinajstić information content (AvgIpc) is 2.74. The van der Waals surface area contributed by atoms with Crippen LogP contribution in [0, 0.1) is 13.8 Å². The van der Waals surface area contributed by atoms with Gasteiger partial charge in [0.15, 0.2) is 0 Å². The summed E-state index contributed by atoms with van der Waals surface area (Å²) < 4.78 is 1.96. The highest BCUT2D eigenvalue weighted by Gasteiger charge is 2.02. The maximum absolute atomic E-state index is 11.7. The molecule has 1 aromatic heterocycles. The number of aromatic nitrogens is 2. The molecule has 2 amide bonds. The molecule has 0 unspecified atom stereocenters. The van der Waals surface area contributed by atoms with Crippen molar-refractivity contribution in [3.63, 3.8) is 0 Å². The molecular formula is C15H20N4O. The summed E-state index contributed by atoms with van der Waals surface area (Å²) in [7, 11) is 0. The Kier molecular flexibility index (Phi) is 4.76. The third kappa shape index (κ3) is 4.12. The van der Waals surface area contributed by atoms with Crippen molar-refractivity contribution in [2.24, 2.45) is 0 Å². The Balaban J connectivity index is 1.68. The quantitative estimate of drug-likeness (QED) is 0.822. The van der Waals surface area contributed by atoms with Crippen LogP contribution in [0.2, 0.25) is 0 Å². The lowest BCUT2D eigenvalue weighted by Gasteiger charge is -2.08. The SMILES string of the molecule is Cc1cc(C)n(CCCNC(=O)Nc2ccccc2)n1. The molecule has 1 heterocycles. The Morgan fingerprint density at radius 3 is 2.65 bits per heavy atom. The predicted molar refractivity (Wildman–Crippen MR) is 79.8 cm³/mol. The Morgan fingerprint density at radius 2 is 2.00 bits per heavy atom. The van der Waals surface area contributed by atoms with E-state index in [1.165, 1.54) is 0 Å². The largest absolute Gasteiger partial charge is 0.338 e. The average molecular weight is 272 g/mol. The fourth-order valence-corrected chi connectivity index (χ4v) is 2.03. The van der Waals surface area contributed by atoms with Crippen molar-refractivity contribution in [2.75, 3.05) is 11.9 Å². The number of benzene rings is 1. The monoisotopic (exact) mass is 272 g/mol. The zero-order chi connectivity index (χ0) is 14.4. The first-order chi connectivity index (χ1) is 9.65. The van der Waals surface area contributed by atoms with Gasteiger partial charge in [0.05, 0.1) is 5.69 Å². The number of hydrogen-bond donors (Lipinski definition) is 2. The van der Waals surface area contributed by atoms with Gasteiger partial charge in [-0.15, -0.1) is 0 Å². The van der Waals surface area contributed by atoms with Crippen LogP contribution in [0.3, 0.4) is 0 Å². The molecule has 106 valence electrons. The summed E-state index contributed by atoms with van der Waals surface area (Å²) in [6, 6.07) is 11.3. The molecular weight excluding hydrogens is 252 g/mol. The van der Waals surface area contributed by atoms with E-state index in [1.54, 1.807) is 0 Å². The molecule has 0 spiro atoms. The van der Waals surface area contributed by atoms with E-state index in [-0.39, 0.29) is 6.03 Å². The molecule has 2 rings (SSSR count). The van der Waals surface area contributed by atoms with Crippen LogP contribution in [0.15, 0.2) is 36.4 Å². The number of nitrogens with zero attached hydrogens (tertiary/aromatic N) is 2. The number of hydrogen-bond acceptors (Lipinski definition) is 2. The van der Waals surface area contributed by atoms with E-state index in [1.807, 2.05) is 48.9 Å². The van der Waals surface area contributed by atoms with Crippen LogP contribution in [0.25, 0.3) is 0 Å². The number of carbonyl (C=O) groups excluding carboxylic acids is 1.